The van der Waals surface area contributed by atoms with Crippen LogP contribution in [-0.4, -0.2) is 27.5 Å². The predicted octanol–water partition coefficient (Wildman–Crippen LogP) is 1.83. The fourth-order valence-corrected chi connectivity index (χ4v) is 2.82. The molecule has 7 nitrogen and oxygen atoms in total. The van der Waals surface area contributed by atoms with E-state index in [1.54, 1.807) is 12.5 Å². The summed E-state index contributed by atoms with van der Waals surface area (Å²) in [5.41, 5.74) is 2.80. The Balaban J connectivity index is 1.54. The van der Waals surface area contributed by atoms with Crippen molar-refractivity contribution in [2.45, 2.75) is 38.9 Å². The average molecular weight is 327 g/mol. The van der Waals surface area contributed by atoms with Crippen molar-refractivity contribution in [2.75, 3.05) is 5.32 Å². The van der Waals surface area contributed by atoms with Crippen LogP contribution in [0, 0.1) is 0 Å². The number of carbonyl (C=O) groups excluding carboxylic acids is 2. The van der Waals surface area contributed by atoms with Gasteiger partial charge in [0.25, 0.3) is 0 Å². The molecule has 0 bridgehead atoms. The van der Waals surface area contributed by atoms with Crippen molar-refractivity contribution < 1.29 is 9.59 Å². The van der Waals surface area contributed by atoms with Crippen molar-refractivity contribution in [3.8, 4) is 0 Å². The van der Waals surface area contributed by atoms with Gasteiger partial charge >= 0.3 is 6.03 Å². The van der Waals surface area contributed by atoms with Crippen LogP contribution in [0.5, 0.6) is 0 Å². The van der Waals surface area contributed by atoms with Crippen molar-refractivity contribution in [3.05, 3.63) is 48.0 Å². The lowest BCUT2D eigenvalue weighted by molar-refractivity contribution is -0.115. The summed E-state index contributed by atoms with van der Waals surface area (Å²) in [5, 5.41) is 8.65. The van der Waals surface area contributed by atoms with Gasteiger partial charge in [-0.1, -0.05) is 12.1 Å². The molecule has 1 aliphatic heterocycles. The van der Waals surface area contributed by atoms with Crippen molar-refractivity contribution in [3.63, 3.8) is 0 Å². The number of rotatable bonds is 5. The van der Waals surface area contributed by atoms with Crippen molar-refractivity contribution in [1.29, 1.82) is 0 Å². The van der Waals surface area contributed by atoms with Gasteiger partial charge in [-0.3, -0.25) is 4.79 Å². The summed E-state index contributed by atoms with van der Waals surface area (Å²) in [6, 6.07) is 5.38. The SMILES string of the molecule is C[C@H](Cn1ccnc1)NC(=O)N[C@H](C)c1ccc2c(c1)CC(=O)N2. The number of hydrogen-bond acceptors (Lipinski definition) is 3. The van der Waals surface area contributed by atoms with Gasteiger partial charge in [-0.15, -0.1) is 0 Å². The average Bonchev–Trinajstić information content (AvgIpc) is 3.13. The zero-order chi connectivity index (χ0) is 17.1. The summed E-state index contributed by atoms with van der Waals surface area (Å²) in [7, 11) is 0. The Bertz CT molecular complexity index is 741. The molecule has 0 saturated heterocycles. The van der Waals surface area contributed by atoms with Crippen LogP contribution in [0.25, 0.3) is 0 Å². The van der Waals surface area contributed by atoms with Gasteiger partial charge in [0.05, 0.1) is 18.8 Å². The maximum absolute atomic E-state index is 12.1. The summed E-state index contributed by atoms with van der Waals surface area (Å²) in [4.78, 5) is 27.5. The molecule has 2 aromatic rings. The molecule has 0 aliphatic carbocycles. The van der Waals surface area contributed by atoms with E-state index in [9.17, 15) is 9.59 Å². The summed E-state index contributed by atoms with van der Waals surface area (Å²) in [6.07, 6.45) is 5.68. The minimum atomic E-state index is -0.218. The lowest BCUT2D eigenvalue weighted by Gasteiger charge is -2.19. The third kappa shape index (κ3) is 3.73. The van der Waals surface area contributed by atoms with Crippen LogP contribution in [0.1, 0.15) is 31.0 Å². The first-order valence-electron chi connectivity index (χ1n) is 7.96. The molecule has 24 heavy (non-hydrogen) atoms. The number of fused-ring (bicyclic) bond motifs is 1. The van der Waals surface area contributed by atoms with E-state index in [1.165, 1.54) is 0 Å². The number of nitrogens with one attached hydrogen (secondary N) is 3. The lowest BCUT2D eigenvalue weighted by Crippen LogP contribution is -2.43. The second-order valence-corrected chi connectivity index (χ2v) is 6.14. The lowest BCUT2D eigenvalue weighted by atomic mass is 10.0. The first-order valence-corrected chi connectivity index (χ1v) is 7.96. The van der Waals surface area contributed by atoms with E-state index in [-0.39, 0.29) is 24.0 Å². The molecule has 3 amide bonds. The molecule has 3 N–H and O–H groups in total. The molecule has 1 aliphatic rings. The topological polar surface area (TPSA) is 88.1 Å². The number of anilines is 1. The second-order valence-electron chi connectivity index (χ2n) is 6.14. The standard InChI is InChI=1S/C17H21N5O2/c1-11(9-22-6-5-18-10-22)19-17(24)20-12(2)13-3-4-15-14(7-13)8-16(23)21-15/h3-7,10-12H,8-9H2,1-2H3,(H,21,23)(H2,19,20,24)/t11-,12-/m1/s1. The summed E-state index contributed by atoms with van der Waals surface area (Å²) in [6.45, 7) is 4.53. The minimum absolute atomic E-state index is 0.00818. The molecule has 1 aromatic carbocycles. The highest BCUT2D eigenvalue weighted by Crippen LogP contribution is 2.26. The van der Waals surface area contributed by atoms with Gasteiger partial charge in [0.2, 0.25) is 5.91 Å². The molecule has 0 unspecified atom stereocenters. The first-order chi connectivity index (χ1) is 11.5. The zero-order valence-corrected chi connectivity index (χ0v) is 13.7. The highest BCUT2D eigenvalue weighted by atomic mass is 16.2. The largest absolute Gasteiger partial charge is 0.335 e. The number of nitrogens with zero attached hydrogens (tertiary/aromatic N) is 2. The number of amides is 3. The molecule has 126 valence electrons. The molecule has 0 fully saturated rings. The minimum Gasteiger partial charge on any atom is -0.335 e. The van der Waals surface area contributed by atoms with Gasteiger partial charge in [-0.05, 0) is 31.0 Å². The van der Waals surface area contributed by atoms with E-state index in [0.29, 0.717) is 13.0 Å². The van der Waals surface area contributed by atoms with Crippen LogP contribution in [0.2, 0.25) is 0 Å². The molecular formula is C17H21N5O2. The predicted molar refractivity (Wildman–Crippen MR) is 90.5 cm³/mol. The van der Waals surface area contributed by atoms with E-state index in [0.717, 1.165) is 16.8 Å². The normalized spacial score (nSPS) is 15.3. The molecular weight excluding hydrogens is 306 g/mol. The maximum atomic E-state index is 12.1. The van der Waals surface area contributed by atoms with E-state index < -0.39 is 0 Å². The highest BCUT2D eigenvalue weighted by molar-refractivity contribution is 5.99. The molecule has 1 aromatic heterocycles. The summed E-state index contributed by atoms with van der Waals surface area (Å²) < 4.78 is 1.92. The molecule has 2 heterocycles. The van der Waals surface area contributed by atoms with E-state index in [4.69, 9.17) is 0 Å². The molecule has 0 spiro atoms. The number of carbonyl (C=O) groups is 2. The molecule has 0 radical (unpaired) electrons. The fourth-order valence-electron chi connectivity index (χ4n) is 2.82. The van der Waals surface area contributed by atoms with Crippen LogP contribution in [0.15, 0.2) is 36.9 Å². The van der Waals surface area contributed by atoms with Gasteiger partial charge < -0.3 is 20.5 Å². The molecule has 3 rings (SSSR count). The third-order valence-corrected chi connectivity index (χ3v) is 4.02. The van der Waals surface area contributed by atoms with Gasteiger partial charge in [0.1, 0.15) is 0 Å². The Labute approximate surface area is 140 Å². The van der Waals surface area contributed by atoms with Crippen LogP contribution in [-0.2, 0) is 17.8 Å². The molecule has 2 atom stereocenters. The zero-order valence-electron chi connectivity index (χ0n) is 13.7. The van der Waals surface area contributed by atoms with Gasteiger partial charge in [-0.2, -0.15) is 0 Å². The number of urea groups is 1. The van der Waals surface area contributed by atoms with Gasteiger partial charge in [-0.25, -0.2) is 9.78 Å². The second kappa shape index (κ2) is 6.74. The van der Waals surface area contributed by atoms with Crippen molar-refractivity contribution in [1.82, 2.24) is 20.2 Å². The quantitative estimate of drug-likeness (QED) is 0.783. The third-order valence-electron chi connectivity index (χ3n) is 4.02. The van der Waals surface area contributed by atoms with E-state index in [2.05, 4.69) is 20.9 Å². The van der Waals surface area contributed by atoms with Crippen LogP contribution in [0.3, 0.4) is 0 Å². The summed E-state index contributed by atoms with van der Waals surface area (Å²) >= 11 is 0. The Kier molecular flexibility index (Phi) is 4.50. The molecule has 0 saturated carbocycles. The first kappa shape index (κ1) is 16.0. The summed E-state index contributed by atoms with van der Waals surface area (Å²) in [5.74, 6) is 0.00818. The van der Waals surface area contributed by atoms with Crippen molar-refractivity contribution in [2.24, 2.45) is 0 Å². The fraction of sp³-hybridized carbons (Fsp3) is 0.353. The van der Waals surface area contributed by atoms with Gasteiger partial charge in [0, 0.05) is 30.7 Å². The van der Waals surface area contributed by atoms with Gasteiger partial charge in [0.15, 0.2) is 0 Å². The Morgan fingerprint density at radius 3 is 2.96 bits per heavy atom. The Morgan fingerprint density at radius 1 is 1.38 bits per heavy atom. The van der Waals surface area contributed by atoms with E-state index in [1.807, 2.05) is 42.8 Å². The number of imidazole rings is 1. The van der Waals surface area contributed by atoms with Crippen LogP contribution in [0.4, 0.5) is 10.5 Å². The monoisotopic (exact) mass is 327 g/mol. The Morgan fingerprint density at radius 2 is 2.21 bits per heavy atom. The van der Waals surface area contributed by atoms with E-state index >= 15 is 0 Å². The van der Waals surface area contributed by atoms with Crippen LogP contribution >= 0.6 is 0 Å². The maximum Gasteiger partial charge on any atom is 0.315 e. The smallest absolute Gasteiger partial charge is 0.315 e. The molecule has 7 heteroatoms. The number of benzene rings is 1. The Hall–Kier alpha value is -2.83. The number of hydrogen-bond donors (Lipinski definition) is 3. The highest BCUT2D eigenvalue weighted by Gasteiger charge is 2.19. The van der Waals surface area contributed by atoms with Crippen molar-refractivity contribution >= 4 is 17.6 Å². The van der Waals surface area contributed by atoms with Crippen LogP contribution < -0.4 is 16.0 Å². The number of aromatic nitrogens is 2.